The van der Waals surface area contributed by atoms with E-state index >= 15 is 0 Å². The number of nitrogens with one attached hydrogen (secondary N) is 1. The number of hydrogen-bond acceptors (Lipinski definition) is 2. The number of H-pyrrole nitrogens is 1. The molecule has 0 amide bonds. The molecule has 1 aromatic heterocycles. The van der Waals surface area contributed by atoms with Crippen molar-refractivity contribution in [3.8, 4) is 0 Å². The van der Waals surface area contributed by atoms with E-state index in [0.29, 0.717) is 11.4 Å². The Bertz CT molecular complexity index is 575. The average Bonchev–Trinajstić information content (AvgIpc) is 2.89. The molecule has 0 aliphatic rings. The van der Waals surface area contributed by atoms with Gasteiger partial charge in [0, 0.05) is 17.8 Å². The summed E-state index contributed by atoms with van der Waals surface area (Å²) in [5, 5.41) is 0. The quantitative estimate of drug-likeness (QED) is 0.851. The predicted octanol–water partition coefficient (Wildman–Crippen LogP) is 3.57. The van der Waals surface area contributed by atoms with Crippen molar-refractivity contribution in [3.05, 3.63) is 54.1 Å². The minimum absolute atomic E-state index is 0.0753. The molecule has 0 fully saturated rings. The number of imidazole rings is 1. The van der Waals surface area contributed by atoms with Crippen LogP contribution in [0.2, 0.25) is 0 Å². The molecule has 19 heavy (non-hydrogen) atoms. The van der Waals surface area contributed by atoms with Crippen molar-refractivity contribution in [2.45, 2.75) is 20.8 Å². The van der Waals surface area contributed by atoms with Crippen molar-refractivity contribution < 1.29 is 4.79 Å². The third kappa shape index (κ3) is 3.19. The third-order valence-electron chi connectivity index (χ3n) is 2.79. The van der Waals surface area contributed by atoms with Crippen molar-refractivity contribution in [1.82, 2.24) is 9.97 Å². The molecule has 0 aliphatic heterocycles. The topological polar surface area (TPSA) is 45.8 Å². The fraction of sp³-hybridized carbons (Fsp3) is 0.250. The van der Waals surface area contributed by atoms with Gasteiger partial charge in [0.1, 0.15) is 5.82 Å². The van der Waals surface area contributed by atoms with Crippen molar-refractivity contribution in [2.24, 2.45) is 5.41 Å². The summed E-state index contributed by atoms with van der Waals surface area (Å²) in [7, 11) is 0. The van der Waals surface area contributed by atoms with Crippen LogP contribution in [0.4, 0.5) is 0 Å². The van der Waals surface area contributed by atoms with E-state index in [1.54, 1.807) is 12.4 Å². The Kier molecular flexibility index (Phi) is 3.65. The zero-order valence-electron chi connectivity index (χ0n) is 11.5. The first-order chi connectivity index (χ1) is 8.98. The smallest absolute Gasteiger partial charge is 0.171 e. The minimum atomic E-state index is -0.437. The van der Waals surface area contributed by atoms with Crippen LogP contribution in [0.5, 0.6) is 0 Å². The van der Waals surface area contributed by atoms with E-state index in [2.05, 4.69) is 9.97 Å². The van der Waals surface area contributed by atoms with Crippen LogP contribution in [-0.2, 0) is 4.79 Å². The van der Waals surface area contributed by atoms with Crippen LogP contribution in [0.25, 0.3) is 11.6 Å². The Morgan fingerprint density at radius 1 is 1.21 bits per heavy atom. The van der Waals surface area contributed by atoms with E-state index in [1.807, 2.05) is 57.2 Å². The highest BCUT2D eigenvalue weighted by Gasteiger charge is 2.27. The number of aromatic amines is 1. The highest BCUT2D eigenvalue weighted by Crippen LogP contribution is 2.26. The lowest BCUT2D eigenvalue weighted by Crippen LogP contribution is -2.21. The van der Waals surface area contributed by atoms with Gasteiger partial charge in [0.2, 0.25) is 0 Å². The summed E-state index contributed by atoms with van der Waals surface area (Å²) >= 11 is 0. The summed E-state index contributed by atoms with van der Waals surface area (Å²) in [6.45, 7) is 5.74. The number of allylic oxidation sites excluding steroid dienone is 1. The fourth-order valence-electron chi connectivity index (χ4n) is 1.77. The third-order valence-corrected chi connectivity index (χ3v) is 2.79. The Morgan fingerprint density at radius 3 is 2.42 bits per heavy atom. The van der Waals surface area contributed by atoms with Gasteiger partial charge in [-0.05, 0) is 11.6 Å². The zero-order chi connectivity index (χ0) is 13.9. The molecule has 98 valence electrons. The van der Waals surface area contributed by atoms with Gasteiger partial charge in [0.15, 0.2) is 5.78 Å². The fourth-order valence-corrected chi connectivity index (χ4v) is 1.77. The molecule has 1 aromatic carbocycles. The first kappa shape index (κ1) is 13.3. The summed E-state index contributed by atoms with van der Waals surface area (Å²) in [5.41, 5.74) is 1.17. The minimum Gasteiger partial charge on any atom is -0.345 e. The maximum Gasteiger partial charge on any atom is 0.171 e. The molecular formula is C16H18N2O. The molecule has 1 heterocycles. The summed E-state index contributed by atoms with van der Waals surface area (Å²) in [6.07, 6.45) is 5.26. The Hall–Kier alpha value is -2.16. The molecule has 2 rings (SSSR count). The number of aromatic nitrogens is 2. The summed E-state index contributed by atoms with van der Waals surface area (Å²) in [6, 6.07) is 9.80. The van der Waals surface area contributed by atoms with E-state index in [1.165, 1.54) is 0 Å². The van der Waals surface area contributed by atoms with Crippen molar-refractivity contribution >= 4 is 17.4 Å². The summed E-state index contributed by atoms with van der Waals surface area (Å²) in [5.74, 6) is 0.690. The number of carbonyl (C=O) groups excluding carboxylic acids is 1. The molecule has 0 unspecified atom stereocenters. The van der Waals surface area contributed by atoms with Crippen LogP contribution < -0.4 is 0 Å². The van der Waals surface area contributed by atoms with E-state index in [-0.39, 0.29) is 5.78 Å². The molecular weight excluding hydrogens is 236 g/mol. The predicted molar refractivity (Wildman–Crippen MR) is 77.4 cm³/mol. The molecule has 1 N–H and O–H groups in total. The largest absolute Gasteiger partial charge is 0.345 e. The number of hydrogen-bond donors (Lipinski definition) is 1. The van der Waals surface area contributed by atoms with Gasteiger partial charge in [-0.2, -0.15) is 0 Å². The summed E-state index contributed by atoms with van der Waals surface area (Å²) in [4.78, 5) is 19.8. The van der Waals surface area contributed by atoms with E-state index in [4.69, 9.17) is 0 Å². The number of ketones is 1. The number of carbonyl (C=O) groups is 1. The van der Waals surface area contributed by atoms with Crippen molar-refractivity contribution in [2.75, 3.05) is 0 Å². The van der Waals surface area contributed by atoms with Crippen LogP contribution in [0, 0.1) is 5.41 Å². The number of benzene rings is 1. The van der Waals surface area contributed by atoms with Crippen molar-refractivity contribution in [3.63, 3.8) is 0 Å². The van der Waals surface area contributed by atoms with Gasteiger partial charge in [0.05, 0.1) is 5.57 Å². The van der Waals surface area contributed by atoms with E-state index < -0.39 is 5.41 Å². The lowest BCUT2D eigenvalue weighted by Gasteiger charge is -2.18. The number of nitrogens with zero attached hydrogens (tertiary/aromatic N) is 1. The summed E-state index contributed by atoms with van der Waals surface area (Å²) < 4.78 is 0. The lowest BCUT2D eigenvalue weighted by atomic mass is 9.85. The Balaban J connectivity index is 2.47. The van der Waals surface area contributed by atoms with Gasteiger partial charge in [-0.15, -0.1) is 0 Å². The second-order valence-electron chi connectivity index (χ2n) is 5.49. The van der Waals surface area contributed by atoms with Gasteiger partial charge in [-0.3, -0.25) is 4.79 Å². The molecule has 0 radical (unpaired) electrons. The van der Waals surface area contributed by atoms with Gasteiger partial charge in [0.25, 0.3) is 0 Å². The van der Waals surface area contributed by atoms with Gasteiger partial charge < -0.3 is 4.98 Å². The second kappa shape index (κ2) is 5.22. The molecule has 0 saturated carbocycles. The highest BCUT2D eigenvalue weighted by molar-refractivity contribution is 6.26. The molecule has 3 nitrogen and oxygen atoms in total. The van der Waals surface area contributed by atoms with Crippen LogP contribution in [0.3, 0.4) is 0 Å². The van der Waals surface area contributed by atoms with Crippen LogP contribution in [-0.4, -0.2) is 15.8 Å². The van der Waals surface area contributed by atoms with Crippen LogP contribution in [0.15, 0.2) is 42.7 Å². The first-order valence-corrected chi connectivity index (χ1v) is 6.30. The molecule has 3 heteroatoms. The standard InChI is InChI=1S/C16H18N2O/c1-16(2,3)14(19)13(15-17-9-10-18-15)11-12-7-5-4-6-8-12/h4-11H,1-3H3,(H,17,18). The maximum atomic E-state index is 12.5. The maximum absolute atomic E-state index is 12.5. The highest BCUT2D eigenvalue weighted by atomic mass is 16.1. The average molecular weight is 254 g/mol. The van der Waals surface area contributed by atoms with Gasteiger partial charge >= 0.3 is 0 Å². The second-order valence-corrected chi connectivity index (χ2v) is 5.49. The van der Waals surface area contributed by atoms with Gasteiger partial charge in [-0.1, -0.05) is 51.1 Å². The Labute approximate surface area is 113 Å². The van der Waals surface area contributed by atoms with Crippen molar-refractivity contribution in [1.29, 1.82) is 0 Å². The molecule has 0 spiro atoms. The van der Waals surface area contributed by atoms with E-state index in [0.717, 1.165) is 5.56 Å². The normalized spacial score (nSPS) is 12.5. The van der Waals surface area contributed by atoms with Gasteiger partial charge in [-0.25, -0.2) is 4.98 Å². The lowest BCUT2D eigenvalue weighted by molar-refractivity contribution is -0.120. The SMILES string of the molecule is CC(C)(C)C(=O)C(=Cc1ccccc1)c1ncc[nH]1. The monoisotopic (exact) mass is 254 g/mol. The van der Waals surface area contributed by atoms with Crippen LogP contribution >= 0.6 is 0 Å². The van der Waals surface area contributed by atoms with E-state index in [9.17, 15) is 4.79 Å². The molecule has 0 saturated heterocycles. The number of Topliss-reactive ketones (excluding diaryl/α,β-unsaturated/α-hetero) is 1. The molecule has 0 aliphatic carbocycles. The molecule has 0 atom stereocenters. The Morgan fingerprint density at radius 2 is 1.89 bits per heavy atom. The zero-order valence-corrected chi connectivity index (χ0v) is 11.5. The first-order valence-electron chi connectivity index (χ1n) is 6.30. The van der Waals surface area contributed by atoms with Crippen LogP contribution in [0.1, 0.15) is 32.2 Å². The molecule has 2 aromatic rings. The molecule has 0 bridgehead atoms. The number of rotatable bonds is 3.